The summed E-state index contributed by atoms with van der Waals surface area (Å²) in [6.45, 7) is 0.328. The minimum atomic E-state index is -0.414. The zero-order valence-electron chi connectivity index (χ0n) is 14.2. The molecule has 3 rings (SSSR count). The van der Waals surface area contributed by atoms with Gasteiger partial charge in [-0.1, -0.05) is 47.6 Å². The number of nitrogens with one attached hydrogen (secondary N) is 2. The molecule has 132 valence electrons. The molecule has 0 saturated heterocycles. The summed E-state index contributed by atoms with van der Waals surface area (Å²) in [7, 11) is 1.49. The SMILES string of the molecule is CNC(=O)c1noc(CCNC(=O)c2ccc(-c3ccccc3)cc2)n1. The highest BCUT2D eigenvalue weighted by molar-refractivity contribution is 5.94. The number of carbonyl (C=O) groups is 2. The maximum absolute atomic E-state index is 12.2. The lowest BCUT2D eigenvalue weighted by molar-refractivity contribution is 0.0944. The zero-order valence-corrected chi connectivity index (χ0v) is 14.2. The van der Waals surface area contributed by atoms with E-state index >= 15 is 0 Å². The van der Waals surface area contributed by atoms with Crippen molar-refractivity contribution in [3.63, 3.8) is 0 Å². The van der Waals surface area contributed by atoms with Crippen molar-refractivity contribution < 1.29 is 14.1 Å². The third kappa shape index (κ3) is 4.13. The second-order valence-electron chi connectivity index (χ2n) is 5.54. The topological polar surface area (TPSA) is 97.1 Å². The first kappa shape index (κ1) is 17.3. The van der Waals surface area contributed by atoms with Crippen LogP contribution in [-0.4, -0.2) is 35.5 Å². The molecule has 0 aliphatic heterocycles. The van der Waals surface area contributed by atoms with E-state index in [4.69, 9.17) is 4.52 Å². The lowest BCUT2D eigenvalue weighted by Gasteiger charge is -2.05. The van der Waals surface area contributed by atoms with E-state index in [1.54, 1.807) is 12.1 Å². The molecule has 1 aromatic heterocycles. The first-order valence-electron chi connectivity index (χ1n) is 8.15. The monoisotopic (exact) mass is 350 g/mol. The van der Waals surface area contributed by atoms with Gasteiger partial charge in [0.25, 0.3) is 17.6 Å². The van der Waals surface area contributed by atoms with Crippen LogP contribution >= 0.6 is 0 Å². The number of amides is 2. The number of hydrogen-bond acceptors (Lipinski definition) is 5. The maximum atomic E-state index is 12.2. The lowest BCUT2D eigenvalue weighted by atomic mass is 10.0. The van der Waals surface area contributed by atoms with E-state index in [0.717, 1.165) is 11.1 Å². The van der Waals surface area contributed by atoms with Gasteiger partial charge in [-0.05, 0) is 23.3 Å². The van der Waals surface area contributed by atoms with Crippen LogP contribution in [-0.2, 0) is 6.42 Å². The van der Waals surface area contributed by atoms with Gasteiger partial charge in [0.15, 0.2) is 0 Å². The fourth-order valence-corrected chi connectivity index (χ4v) is 2.39. The molecule has 1 heterocycles. The highest BCUT2D eigenvalue weighted by atomic mass is 16.5. The second-order valence-corrected chi connectivity index (χ2v) is 5.54. The molecule has 7 nitrogen and oxygen atoms in total. The van der Waals surface area contributed by atoms with Crippen molar-refractivity contribution in [2.45, 2.75) is 6.42 Å². The third-order valence-corrected chi connectivity index (χ3v) is 3.78. The molecule has 0 atom stereocenters. The van der Waals surface area contributed by atoms with Crippen molar-refractivity contribution in [1.29, 1.82) is 0 Å². The number of aromatic nitrogens is 2. The van der Waals surface area contributed by atoms with E-state index < -0.39 is 5.91 Å². The van der Waals surface area contributed by atoms with Gasteiger partial charge in [0.05, 0.1) is 0 Å². The van der Waals surface area contributed by atoms with Crippen molar-refractivity contribution in [2.24, 2.45) is 0 Å². The average molecular weight is 350 g/mol. The van der Waals surface area contributed by atoms with Crippen LogP contribution in [0.5, 0.6) is 0 Å². The van der Waals surface area contributed by atoms with Crippen LogP contribution in [0.25, 0.3) is 11.1 Å². The number of nitrogens with zero attached hydrogens (tertiary/aromatic N) is 2. The smallest absolute Gasteiger partial charge is 0.292 e. The van der Waals surface area contributed by atoms with E-state index in [0.29, 0.717) is 24.4 Å². The van der Waals surface area contributed by atoms with E-state index in [1.165, 1.54) is 7.05 Å². The van der Waals surface area contributed by atoms with E-state index in [9.17, 15) is 9.59 Å². The van der Waals surface area contributed by atoms with Crippen molar-refractivity contribution in [2.75, 3.05) is 13.6 Å². The van der Waals surface area contributed by atoms with Gasteiger partial charge in [-0.2, -0.15) is 4.98 Å². The van der Waals surface area contributed by atoms with Crippen LogP contribution in [0.4, 0.5) is 0 Å². The summed E-state index contributed by atoms with van der Waals surface area (Å²) in [5.41, 5.74) is 2.72. The highest BCUT2D eigenvalue weighted by Crippen LogP contribution is 2.19. The van der Waals surface area contributed by atoms with Crippen LogP contribution in [0.15, 0.2) is 59.1 Å². The number of benzene rings is 2. The van der Waals surface area contributed by atoms with Gasteiger partial charge in [-0.25, -0.2) is 0 Å². The molecule has 26 heavy (non-hydrogen) atoms. The molecule has 0 saturated carbocycles. The molecule has 0 unspecified atom stereocenters. The van der Waals surface area contributed by atoms with E-state index in [1.807, 2.05) is 42.5 Å². The predicted molar refractivity (Wildman–Crippen MR) is 95.6 cm³/mol. The van der Waals surface area contributed by atoms with Crippen LogP contribution < -0.4 is 10.6 Å². The maximum Gasteiger partial charge on any atom is 0.292 e. The van der Waals surface area contributed by atoms with Crippen LogP contribution in [0, 0.1) is 0 Å². The van der Waals surface area contributed by atoms with Gasteiger partial charge >= 0.3 is 0 Å². The summed E-state index contributed by atoms with van der Waals surface area (Å²) >= 11 is 0. The average Bonchev–Trinajstić information content (AvgIpc) is 3.17. The highest BCUT2D eigenvalue weighted by Gasteiger charge is 2.13. The predicted octanol–water partition coefficient (Wildman–Crippen LogP) is 2.07. The lowest BCUT2D eigenvalue weighted by Crippen LogP contribution is -2.25. The Morgan fingerprint density at radius 3 is 2.35 bits per heavy atom. The Kier molecular flexibility index (Phi) is 5.38. The van der Waals surface area contributed by atoms with Crippen molar-refractivity contribution >= 4 is 11.8 Å². The summed E-state index contributed by atoms with van der Waals surface area (Å²) in [4.78, 5) is 27.5. The fraction of sp³-hybridized carbons (Fsp3) is 0.158. The number of hydrogen-bond donors (Lipinski definition) is 2. The van der Waals surface area contributed by atoms with Gasteiger partial charge < -0.3 is 15.2 Å². The molecule has 7 heteroatoms. The second kappa shape index (κ2) is 8.06. The molecule has 0 fully saturated rings. The molecule has 2 aromatic carbocycles. The quantitative estimate of drug-likeness (QED) is 0.709. The summed E-state index contributed by atoms with van der Waals surface area (Å²) < 4.78 is 4.97. The fourth-order valence-electron chi connectivity index (χ4n) is 2.39. The Morgan fingerprint density at radius 2 is 1.65 bits per heavy atom. The van der Waals surface area contributed by atoms with Crippen LogP contribution in [0.3, 0.4) is 0 Å². The van der Waals surface area contributed by atoms with Gasteiger partial charge in [0, 0.05) is 25.6 Å². The number of carbonyl (C=O) groups excluding carboxylic acids is 2. The molecule has 3 aromatic rings. The Bertz CT molecular complexity index is 889. The minimum absolute atomic E-state index is 0.0228. The Labute approximate surface area is 150 Å². The van der Waals surface area contributed by atoms with E-state index in [-0.39, 0.29) is 11.7 Å². The first-order valence-corrected chi connectivity index (χ1v) is 8.15. The molecule has 0 aliphatic rings. The third-order valence-electron chi connectivity index (χ3n) is 3.78. The van der Waals surface area contributed by atoms with Crippen molar-refractivity contribution in [1.82, 2.24) is 20.8 Å². The van der Waals surface area contributed by atoms with Gasteiger partial charge in [0.1, 0.15) is 0 Å². The molecular formula is C19H18N4O3. The summed E-state index contributed by atoms with van der Waals surface area (Å²) in [5.74, 6) is -0.327. The molecular weight excluding hydrogens is 332 g/mol. The standard InChI is InChI=1S/C19H18N4O3/c1-20-19(25)17-22-16(26-23-17)11-12-21-18(24)15-9-7-14(8-10-15)13-5-3-2-4-6-13/h2-10H,11-12H2,1H3,(H,20,25)(H,21,24). The number of rotatable bonds is 6. The summed E-state index contributed by atoms with van der Waals surface area (Å²) in [6.07, 6.45) is 0.345. The van der Waals surface area contributed by atoms with E-state index in [2.05, 4.69) is 20.8 Å². The normalized spacial score (nSPS) is 10.3. The summed E-state index contributed by atoms with van der Waals surface area (Å²) in [6, 6.07) is 17.4. The Morgan fingerprint density at radius 1 is 0.962 bits per heavy atom. The largest absolute Gasteiger partial charge is 0.352 e. The van der Waals surface area contributed by atoms with Crippen LogP contribution in [0.2, 0.25) is 0 Å². The molecule has 2 N–H and O–H groups in total. The first-order chi connectivity index (χ1) is 12.7. The Balaban J connectivity index is 1.53. The molecule has 0 radical (unpaired) electrons. The van der Waals surface area contributed by atoms with Gasteiger partial charge in [-0.3, -0.25) is 9.59 Å². The Hall–Kier alpha value is -3.48. The molecule has 0 bridgehead atoms. The summed E-state index contributed by atoms with van der Waals surface area (Å²) in [5, 5.41) is 8.78. The van der Waals surface area contributed by atoms with Crippen LogP contribution in [0.1, 0.15) is 26.9 Å². The molecule has 2 amide bonds. The molecule has 0 spiro atoms. The molecule has 0 aliphatic carbocycles. The van der Waals surface area contributed by atoms with Crippen molar-refractivity contribution in [3.05, 3.63) is 71.9 Å². The van der Waals surface area contributed by atoms with Crippen molar-refractivity contribution in [3.8, 4) is 11.1 Å². The van der Waals surface area contributed by atoms with Gasteiger partial charge in [0.2, 0.25) is 5.89 Å². The minimum Gasteiger partial charge on any atom is -0.352 e. The zero-order chi connectivity index (χ0) is 18.4. The van der Waals surface area contributed by atoms with Gasteiger partial charge in [-0.15, -0.1) is 0 Å².